The van der Waals surface area contributed by atoms with E-state index in [1.54, 1.807) is 11.8 Å². The first-order valence-corrected chi connectivity index (χ1v) is 11.0. The smallest absolute Gasteiger partial charge is 0.312 e. The van der Waals surface area contributed by atoms with Crippen molar-refractivity contribution in [2.75, 3.05) is 32.7 Å². The summed E-state index contributed by atoms with van der Waals surface area (Å²) in [5, 5.41) is 2.50. The lowest BCUT2D eigenvalue weighted by atomic mass is 10.1. The highest BCUT2D eigenvalue weighted by Crippen LogP contribution is 2.22. The van der Waals surface area contributed by atoms with E-state index in [2.05, 4.69) is 10.3 Å². The first-order valence-electron chi connectivity index (χ1n) is 8.72. The first-order chi connectivity index (χ1) is 12.7. The molecule has 1 aromatic heterocycles. The number of amides is 3. The maximum atomic E-state index is 12.7. The number of hydrogen-bond acceptors (Lipinski definition) is 6. The molecule has 1 aliphatic rings. The van der Waals surface area contributed by atoms with Gasteiger partial charge in [-0.25, -0.2) is 13.2 Å². The molecule has 0 bridgehead atoms. The van der Waals surface area contributed by atoms with E-state index in [1.165, 1.54) is 4.31 Å². The van der Waals surface area contributed by atoms with Gasteiger partial charge in [-0.2, -0.15) is 4.31 Å². The molecule has 27 heavy (non-hydrogen) atoms. The minimum absolute atomic E-state index is 0.00242. The third-order valence-electron chi connectivity index (χ3n) is 4.31. The number of carbonyl (C=O) groups is 2. The Morgan fingerprint density at radius 2 is 1.85 bits per heavy atom. The van der Waals surface area contributed by atoms with Crippen LogP contribution in [0.5, 0.6) is 0 Å². The maximum Gasteiger partial charge on any atom is 0.312 e. The van der Waals surface area contributed by atoms with E-state index in [0.717, 1.165) is 12.8 Å². The van der Waals surface area contributed by atoms with Gasteiger partial charge in [0.25, 0.3) is 10.0 Å². The number of thiazole rings is 1. The van der Waals surface area contributed by atoms with Gasteiger partial charge in [-0.15, -0.1) is 0 Å². The topological polar surface area (TPSA) is 146 Å². The van der Waals surface area contributed by atoms with Crippen molar-refractivity contribution in [1.82, 2.24) is 19.5 Å². The van der Waals surface area contributed by atoms with Crippen LogP contribution in [0.3, 0.4) is 0 Å². The monoisotopic (exact) mass is 419 g/mol. The predicted octanol–water partition coefficient (Wildman–Crippen LogP) is -0.194. The predicted molar refractivity (Wildman–Crippen MR) is 101 cm³/mol. The van der Waals surface area contributed by atoms with Crippen LogP contribution in [0, 0.1) is 6.92 Å². The van der Waals surface area contributed by atoms with Gasteiger partial charge >= 0.3 is 10.9 Å². The van der Waals surface area contributed by atoms with Crippen LogP contribution in [0.1, 0.15) is 31.4 Å². The van der Waals surface area contributed by atoms with Gasteiger partial charge in [-0.05, 0) is 19.8 Å². The second-order valence-corrected chi connectivity index (χ2v) is 9.43. The number of nitrogens with zero attached hydrogens (tertiary/aromatic N) is 2. The largest absolute Gasteiger partial charge is 0.352 e. The molecule has 0 spiro atoms. The number of H-pyrrole nitrogens is 1. The van der Waals surface area contributed by atoms with Crippen molar-refractivity contribution in [3.8, 4) is 0 Å². The zero-order valence-corrected chi connectivity index (χ0v) is 16.8. The van der Waals surface area contributed by atoms with E-state index >= 15 is 0 Å². The summed E-state index contributed by atoms with van der Waals surface area (Å²) in [6.45, 7) is 3.14. The molecular weight excluding hydrogens is 394 g/mol. The molecule has 0 aromatic carbocycles. The van der Waals surface area contributed by atoms with Gasteiger partial charge in [0.15, 0.2) is 4.21 Å². The first kappa shape index (κ1) is 21.4. The highest BCUT2D eigenvalue weighted by Gasteiger charge is 2.32. The lowest BCUT2D eigenvalue weighted by Crippen LogP contribution is -2.50. The number of unbranched alkanes of at least 4 members (excludes halogenated alkanes) is 2. The number of hydrogen-bond donors (Lipinski definition) is 3. The quantitative estimate of drug-likeness (QED) is 0.500. The number of nitrogens with one attached hydrogen (secondary N) is 2. The molecule has 0 aliphatic carbocycles. The Hall–Kier alpha value is -1.92. The molecule has 0 unspecified atom stereocenters. The zero-order valence-electron chi connectivity index (χ0n) is 15.2. The highest BCUT2D eigenvalue weighted by molar-refractivity contribution is 7.91. The van der Waals surface area contributed by atoms with Crippen molar-refractivity contribution in [1.29, 1.82) is 0 Å². The minimum atomic E-state index is -3.72. The molecule has 1 saturated heterocycles. The van der Waals surface area contributed by atoms with Crippen LogP contribution in [0.2, 0.25) is 0 Å². The van der Waals surface area contributed by atoms with Gasteiger partial charge in [0.05, 0.1) is 0 Å². The van der Waals surface area contributed by atoms with Crippen LogP contribution in [-0.4, -0.2) is 67.3 Å². The fourth-order valence-electron chi connectivity index (χ4n) is 2.88. The molecule has 12 heteroatoms. The van der Waals surface area contributed by atoms with Gasteiger partial charge in [0.2, 0.25) is 5.91 Å². The van der Waals surface area contributed by atoms with E-state index in [9.17, 15) is 22.8 Å². The number of rotatable bonds is 8. The molecule has 1 aliphatic heterocycles. The number of carbonyl (C=O) groups excluding carboxylic acids is 2. The van der Waals surface area contributed by atoms with E-state index in [4.69, 9.17) is 5.73 Å². The Kier molecular flexibility index (Phi) is 7.39. The Balaban J connectivity index is 1.77. The molecule has 0 radical (unpaired) electrons. The summed E-state index contributed by atoms with van der Waals surface area (Å²) in [6, 6.07) is -0.555. The van der Waals surface area contributed by atoms with Crippen molar-refractivity contribution in [3.63, 3.8) is 0 Å². The molecule has 1 fully saturated rings. The van der Waals surface area contributed by atoms with Crippen molar-refractivity contribution >= 4 is 33.3 Å². The number of piperazine rings is 1. The maximum absolute atomic E-state index is 12.7. The summed E-state index contributed by atoms with van der Waals surface area (Å²) in [5.74, 6) is -0.00242. The molecule has 1 aromatic rings. The fraction of sp³-hybridized carbons (Fsp3) is 0.667. The molecule has 10 nitrogen and oxygen atoms in total. The lowest BCUT2D eigenvalue weighted by Gasteiger charge is -2.33. The Labute approximate surface area is 161 Å². The van der Waals surface area contributed by atoms with Crippen LogP contribution in [0.15, 0.2) is 9.00 Å². The molecule has 0 atom stereocenters. The molecule has 152 valence electrons. The summed E-state index contributed by atoms with van der Waals surface area (Å²) in [5.41, 5.74) is 5.31. The number of primary amides is 1. The van der Waals surface area contributed by atoms with Gasteiger partial charge < -0.3 is 20.9 Å². The summed E-state index contributed by atoms with van der Waals surface area (Å²) in [6.07, 6.45) is 2.64. The van der Waals surface area contributed by atoms with Crippen molar-refractivity contribution in [2.24, 2.45) is 5.73 Å². The van der Waals surface area contributed by atoms with Crippen molar-refractivity contribution in [3.05, 3.63) is 15.4 Å². The number of sulfonamides is 1. The Bertz CT molecular complexity index is 824. The average molecular weight is 420 g/mol. The van der Waals surface area contributed by atoms with Crippen LogP contribution in [0.4, 0.5) is 4.79 Å². The molecule has 3 amide bonds. The van der Waals surface area contributed by atoms with Crippen LogP contribution in [0.25, 0.3) is 0 Å². The second kappa shape index (κ2) is 9.33. The molecule has 0 saturated carbocycles. The fourth-order valence-corrected chi connectivity index (χ4v) is 5.74. The Morgan fingerprint density at radius 3 is 2.41 bits per heavy atom. The van der Waals surface area contributed by atoms with E-state index in [-0.39, 0.29) is 23.2 Å². The summed E-state index contributed by atoms with van der Waals surface area (Å²) in [4.78, 5) is 37.9. The van der Waals surface area contributed by atoms with Crippen molar-refractivity contribution in [2.45, 2.75) is 36.8 Å². The summed E-state index contributed by atoms with van der Waals surface area (Å²) >= 11 is 0.686. The number of urea groups is 1. The van der Waals surface area contributed by atoms with Crippen molar-refractivity contribution < 1.29 is 18.0 Å². The van der Waals surface area contributed by atoms with Crippen LogP contribution >= 0.6 is 11.3 Å². The average Bonchev–Trinajstić information content (AvgIpc) is 2.96. The van der Waals surface area contributed by atoms with E-state index in [1.807, 2.05) is 0 Å². The minimum Gasteiger partial charge on any atom is -0.352 e. The standard InChI is InChI=1S/C15H25N5O5S2/c1-11-13(26-15(23)18-11)27(24,25)20-9-7-19(8-10-20)12(21)5-3-2-4-6-17-14(16)22/h2-10H2,1H3,(H,18,23)(H3,16,17,22). The van der Waals surface area contributed by atoms with E-state index in [0.29, 0.717) is 49.5 Å². The number of nitrogens with two attached hydrogens (primary N) is 1. The third kappa shape index (κ3) is 5.78. The molecule has 2 rings (SSSR count). The van der Waals surface area contributed by atoms with Gasteiger partial charge in [-0.1, -0.05) is 17.8 Å². The Morgan fingerprint density at radius 1 is 1.19 bits per heavy atom. The number of aromatic amines is 1. The van der Waals surface area contributed by atoms with Crippen LogP contribution < -0.4 is 15.9 Å². The van der Waals surface area contributed by atoms with Gasteiger partial charge in [-0.3, -0.25) is 9.59 Å². The summed E-state index contributed by atoms with van der Waals surface area (Å²) in [7, 11) is -3.72. The number of aryl methyl sites for hydroxylation is 1. The second-order valence-electron chi connectivity index (χ2n) is 6.31. The van der Waals surface area contributed by atoms with Crippen LogP contribution in [-0.2, 0) is 14.8 Å². The van der Waals surface area contributed by atoms with Gasteiger partial charge in [0.1, 0.15) is 0 Å². The third-order valence-corrected chi connectivity index (χ3v) is 7.79. The molecule has 2 heterocycles. The number of aromatic nitrogens is 1. The SMILES string of the molecule is Cc1[nH]c(=O)sc1S(=O)(=O)N1CCN(C(=O)CCCCCNC(N)=O)CC1. The summed E-state index contributed by atoms with van der Waals surface area (Å²) < 4.78 is 26.7. The lowest BCUT2D eigenvalue weighted by molar-refractivity contribution is -0.132. The highest BCUT2D eigenvalue weighted by atomic mass is 32.2. The normalized spacial score (nSPS) is 15.7. The van der Waals surface area contributed by atoms with Gasteiger partial charge in [0, 0.05) is 44.8 Å². The van der Waals surface area contributed by atoms with E-state index < -0.39 is 20.9 Å². The zero-order chi connectivity index (χ0) is 20.0. The molecule has 4 N–H and O–H groups in total. The molecular formula is C15H25N5O5S2.